The Morgan fingerprint density at radius 3 is 1.94 bits per heavy atom. The van der Waals surface area contributed by atoms with E-state index < -0.39 is 0 Å². The van der Waals surface area contributed by atoms with Crippen molar-refractivity contribution >= 4 is 5.91 Å². The molecule has 0 N–H and O–H groups in total. The van der Waals surface area contributed by atoms with Crippen molar-refractivity contribution < 1.29 is 4.79 Å². The van der Waals surface area contributed by atoms with Gasteiger partial charge in [-0.1, -0.05) is 45.0 Å². The lowest BCUT2D eigenvalue weighted by Gasteiger charge is -2.23. The summed E-state index contributed by atoms with van der Waals surface area (Å²) in [5, 5.41) is 0. The van der Waals surface area contributed by atoms with Crippen molar-refractivity contribution in [3.05, 3.63) is 35.4 Å². The van der Waals surface area contributed by atoms with Crippen LogP contribution in [-0.2, 0) is 15.6 Å². The molecule has 2 rings (SSSR count). The third kappa shape index (κ3) is 2.16. The van der Waals surface area contributed by atoms with Crippen LogP contribution in [0.2, 0.25) is 0 Å². The third-order valence-electron chi connectivity index (χ3n) is 3.87. The third-order valence-corrected chi connectivity index (χ3v) is 3.87. The summed E-state index contributed by atoms with van der Waals surface area (Å²) in [7, 11) is 3.68. The summed E-state index contributed by atoms with van der Waals surface area (Å²) in [6, 6.07) is 8.60. The molecule has 0 spiro atoms. The molecule has 0 radical (unpaired) electrons. The average Bonchev–Trinajstić information content (AvgIpc) is 3.08. The zero-order chi connectivity index (χ0) is 13.6. The van der Waals surface area contributed by atoms with Gasteiger partial charge in [0.1, 0.15) is 0 Å². The van der Waals surface area contributed by atoms with Gasteiger partial charge >= 0.3 is 0 Å². The Bertz CT molecular complexity index is 447. The lowest BCUT2D eigenvalue weighted by molar-refractivity contribution is -0.131. The topological polar surface area (TPSA) is 20.3 Å². The van der Waals surface area contributed by atoms with Crippen LogP contribution in [0.15, 0.2) is 24.3 Å². The van der Waals surface area contributed by atoms with Gasteiger partial charge < -0.3 is 4.90 Å². The average molecular weight is 245 g/mol. The van der Waals surface area contributed by atoms with E-state index in [1.165, 1.54) is 11.1 Å². The first-order chi connectivity index (χ1) is 8.27. The lowest BCUT2D eigenvalue weighted by atomic mass is 9.85. The maximum Gasteiger partial charge on any atom is 0.232 e. The minimum atomic E-state index is -0.222. The highest BCUT2D eigenvalue weighted by molar-refractivity contribution is 5.91. The molecule has 0 heterocycles. The molecule has 0 aromatic heterocycles. The summed E-state index contributed by atoms with van der Waals surface area (Å²) in [5.41, 5.74) is 2.44. The second kappa shape index (κ2) is 4.11. The molecule has 1 aliphatic rings. The zero-order valence-corrected chi connectivity index (χ0v) is 12.1. The lowest BCUT2D eigenvalue weighted by Crippen LogP contribution is -2.33. The van der Waals surface area contributed by atoms with Crippen molar-refractivity contribution in [3.8, 4) is 0 Å². The van der Waals surface area contributed by atoms with E-state index in [4.69, 9.17) is 0 Å². The SMILES string of the molecule is CN(C)C(=O)C1(c2ccc(C(C)(C)C)cc2)CC1. The van der Waals surface area contributed by atoms with Gasteiger partial charge in [-0.25, -0.2) is 0 Å². The highest BCUT2D eigenvalue weighted by atomic mass is 16.2. The van der Waals surface area contributed by atoms with E-state index in [0.29, 0.717) is 0 Å². The molecule has 1 fully saturated rings. The second-order valence-electron chi connectivity index (χ2n) is 6.61. The summed E-state index contributed by atoms with van der Waals surface area (Å²) in [6.45, 7) is 6.62. The Kier molecular flexibility index (Phi) is 3.00. The van der Waals surface area contributed by atoms with E-state index in [1.807, 2.05) is 14.1 Å². The first-order valence-electron chi connectivity index (χ1n) is 6.60. The molecule has 1 aromatic rings. The van der Waals surface area contributed by atoms with E-state index in [9.17, 15) is 4.79 Å². The molecule has 0 atom stereocenters. The molecule has 0 bridgehead atoms. The fraction of sp³-hybridized carbons (Fsp3) is 0.562. The van der Waals surface area contributed by atoms with E-state index >= 15 is 0 Å². The van der Waals surface area contributed by atoms with Gasteiger partial charge in [-0.2, -0.15) is 0 Å². The van der Waals surface area contributed by atoms with E-state index in [0.717, 1.165) is 12.8 Å². The largest absolute Gasteiger partial charge is 0.348 e. The predicted octanol–water partition coefficient (Wildman–Crippen LogP) is 3.10. The Morgan fingerprint density at radius 2 is 1.61 bits per heavy atom. The molecular weight excluding hydrogens is 222 g/mol. The van der Waals surface area contributed by atoms with Crippen molar-refractivity contribution in [2.45, 2.75) is 44.4 Å². The van der Waals surface area contributed by atoms with E-state index in [1.54, 1.807) is 4.90 Å². The van der Waals surface area contributed by atoms with Crippen LogP contribution in [0.25, 0.3) is 0 Å². The molecule has 1 aliphatic carbocycles. The monoisotopic (exact) mass is 245 g/mol. The number of nitrogens with zero attached hydrogens (tertiary/aromatic N) is 1. The maximum atomic E-state index is 12.2. The second-order valence-corrected chi connectivity index (χ2v) is 6.61. The fourth-order valence-corrected chi connectivity index (χ4v) is 2.47. The molecule has 2 heteroatoms. The van der Waals surface area contributed by atoms with Crippen LogP contribution in [0.3, 0.4) is 0 Å². The summed E-state index contributed by atoms with van der Waals surface area (Å²) in [6.07, 6.45) is 1.97. The Balaban J connectivity index is 2.28. The number of carbonyl (C=O) groups excluding carboxylic acids is 1. The van der Waals surface area contributed by atoms with E-state index in [2.05, 4.69) is 45.0 Å². The normalized spacial score (nSPS) is 17.4. The molecule has 2 nitrogen and oxygen atoms in total. The molecule has 0 saturated heterocycles. The molecule has 1 aromatic carbocycles. The number of likely N-dealkylation sites (N-methyl/N-ethyl adjacent to an activating group) is 1. The standard InChI is InChI=1S/C16H23NO/c1-15(2,3)12-6-8-13(9-7-12)16(10-11-16)14(18)17(4)5/h6-9H,10-11H2,1-5H3. The van der Waals surface area contributed by atoms with Crippen LogP contribution >= 0.6 is 0 Å². The Labute approximate surface area is 110 Å². The summed E-state index contributed by atoms with van der Waals surface area (Å²) < 4.78 is 0. The number of hydrogen-bond acceptors (Lipinski definition) is 1. The van der Waals surface area contributed by atoms with Crippen molar-refractivity contribution in [1.29, 1.82) is 0 Å². The number of rotatable bonds is 2. The number of benzene rings is 1. The van der Waals surface area contributed by atoms with Gasteiger partial charge in [-0.05, 0) is 29.4 Å². The molecule has 0 aliphatic heterocycles. The van der Waals surface area contributed by atoms with Crippen molar-refractivity contribution in [2.24, 2.45) is 0 Å². The van der Waals surface area contributed by atoms with Crippen LogP contribution in [-0.4, -0.2) is 24.9 Å². The van der Waals surface area contributed by atoms with Crippen LogP contribution in [0, 0.1) is 0 Å². The van der Waals surface area contributed by atoms with Gasteiger partial charge in [0.05, 0.1) is 5.41 Å². The molecule has 98 valence electrons. The number of amides is 1. The van der Waals surface area contributed by atoms with Crippen molar-refractivity contribution in [2.75, 3.05) is 14.1 Å². The molecule has 1 saturated carbocycles. The van der Waals surface area contributed by atoms with Gasteiger partial charge in [0.2, 0.25) is 5.91 Å². The molecule has 0 unspecified atom stereocenters. The van der Waals surface area contributed by atoms with Crippen LogP contribution in [0.4, 0.5) is 0 Å². The summed E-state index contributed by atoms with van der Waals surface area (Å²) >= 11 is 0. The highest BCUT2D eigenvalue weighted by Gasteiger charge is 2.51. The van der Waals surface area contributed by atoms with Crippen LogP contribution in [0.5, 0.6) is 0 Å². The predicted molar refractivity (Wildman–Crippen MR) is 74.7 cm³/mol. The summed E-state index contributed by atoms with van der Waals surface area (Å²) in [5.74, 6) is 0.242. The minimum Gasteiger partial charge on any atom is -0.348 e. The molecule has 18 heavy (non-hydrogen) atoms. The number of carbonyl (C=O) groups is 1. The van der Waals surface area contributed by atoms with Crippen molar-refractivity contribution in [3.63, 3.8) is 0 Å². The highest BCUT2D eigenvalue weighted by Crippen LogP contribution is 2.49. The Hall–Kier alpha value is -1.31. The molecular formula is C16H23NO. The Morgan fingerprint density at radius 1 is 1.11 bits per heavy atom. The van der Waals surface area contributed by atoms with Gasteiger partial charge in [0, 0.05) is 14.1 Å². The first kappa shape index (κ1) is 13.1. The van der Waals surface area contributed by atoms with Gasteiger partial charge in [0.25, 0.3) is 0 Å². The molecule has 1 amide bonds. The van der Waals surface area contributed by atoms with Crippen molar-refractivity contribution in [1.82, 2.24) is 4.90 Å². The smallest absolute Gasteiger partial charge is 0.232 e. The fourth-order valence-electron chi connectivity index (χ4n) is 2.47. The van der Waals surface area contributed by atoms with Gasteiger partial charge in [-0.3, -0.25) is 4.79 Å². The minimum absolute atomic E-state index is 0.167. The quantitative estimate of drug-likeness (QED) is 0.784. The van der Waals surface area contributed by atoms with Gasteiger partial charge in [-0.15, -0.1) is 0 Å². The van der Waals surface area contributed by atoms with E-state index in [-0.39, 0.29) is 16.7 Å². The van der Waals surface area contributed by atoms with Crippen LogP contribution < -0.4 is 0 Å². The summed E-state index contributed by atoms with van der Waals surface area (Å²) in [4.78, 5) is 13.9. The first-order valence-corrected chi connectivity index (χ1v) is 6.60. The van der Waals surface area contributed by atoms with Crippen LogP contribution in [0.1, 0.15) is 44.7 Å². The zero-order valence-electron chi connectivity index (χ0n) is 12.1. The number of hydrogen-bond donors (Lipinski definition) is 0. The maximum absolute atomic E-state index is 12.2. The van der Waals surface area contributed by atoms with Gasteiger partial charge in [0.15, 0.2) is 0 Å².